The van der Waals surface area contributed by atoms with Gasteiger partial charge >= 0.3 is 12.1 Å². The second-order valence-corrected chi connectivity index (χ2v) is 9.70. The molecule has 1 unspecified atom stereocenters. The van der Waals surface area contributed by atoms with Gasteiger partial charge in [-0.3, -0.25) is 4.79 Å². The van der Waals surface area contributed by atoms with Gasteiger partial charge in [-0.2, -0.15) is 13.2 Å². The summed E-state index contributed by atoms with van der Waals surface area (Å²) < 4.78 is 66.8. The number of carbonyl (C=O) groups is 1. The van der Waals surface area contributed by atoms with E-state index in [-0.39, 0.29) is 24.4 Å². The number of nitrogens with zero attached hydrogens (tertiary/aromatic N) is 1. The van der Waals surface area contributed by atoms with E-state index in [1.165, 1.54) is 12.1 Å². The number of sulfonamides is 1. The zero-order valence-corrected chi connectivity index (χ0v) is 18.1. The van der Waals surface area contributed by atoms with Gasteiger partial charge in [-0.1, -0.05) is 24.3 Å². The van der Waals surface area contributed by atoms with Gasteiger partial charge in [0.1, 0.15) is 0 Å². The minimum absolute atomic E-state index is 0.0386. The van der Waals surface area contributed by atoms with Crippen LogP contribution in [0.5, 0.6) is 0 Å². The molecule has 6 nitrogen and oxygen atoms in total. The fourth-order valence-electron chi connectivity index (χ4n) is 4.06. The van der Waals surface area contributed by atoms with Crippen LogP contribution >= 0.6 is 0 Å². The first-order valence-corrected chi connectivity index (χ1v) is 11.6. The molecule has 3 aromatic rings. The predicted octanol–water partition coefficient (Wildman–Crippen LogP) is 3.52. The number of para-hydroxylation sites is 1. The van der Waals surface area contributed by atoms with Crippen LogP contribution in [0, 0.1) is 0 Å². The first-order chi connectivity index (χ1) is 15.0. The van der Waals surface area contributed by atoms with Gasteiger partial charge in [-0.25, -0.2) is 13.1 Å². The lowest BCUT2D eigenvalue weighted by atomic mass is 10.00. The molecule has 2 aromatic carbocycles. The highest BCUT2D eigenvalue weighted by Crippen LogP contribution is 2.27. The third-order valence-electron chi connectivity index (χ3n) is 5.59. The number of aromatic nitrogens is 1. The monoisotopic (exact) mass is 465 g/mol. The molecule has 2 heterocycles. The number of hydrogen-bond donors (Lipinski definition) is 2. The van der Waals surface area contributed by atoms with Crippen LogP contribution < -0.4 is 4.72 Å². The lowest BCUT2D eigenvalue weighted by Crippen LogP contribution is -2.43. The molecule has 0 radical (unpaired) electrons. The molecular weight excluding hydrogens is 443 g/mol. The van der Waals surface area contributed by atoms with E-state index in [1.54, 1.807) is 13.0 Å². The predicted molar refractivity (Wildman–Crippen MR) is 113 cm³/mol. The molecule has 2 N–H and O–H groups in total. The quantitative estimate of drug-likeness (QED) is 0.605. The molecule has 1 atom stereocenters. The molecule has 0 aliphatic carbocycles. The van der Waals surface area contributed by atoms with Crippen molar-refractivity contribution < 1.29 is 26.4 Å². The van der Waals surface area contributed by atoms with Crippen molar-refractivity contribution in [1.82, 2.24) is 14.6 Å². The van der Waals surface area contributed by atoms with Crippen molar-refractivity contribution in [2.75, 3.05) is 6.54 Å². The maximum atomic E-state index is 12.9. The number of benzene rings is 2. The van der Waals surface area contributed by atoms with Gasteiger partial charge < -0.3 is 9.88 Å². The molecule has 1 aliphatic rings. The number of aromatic amines is 1. The van der Waals surface area contributed by atoms with Gasteiger partial charge in [0.15, 0.2) is 0 Å². The standard InChI is InChI=1S/C22H22F3N3O3S/c1-14(10-16-12-26-20-5-3-2-4-19(16)20)27-32(30,31)18-7-6-15-8-9-28(13-17(15)11-18)21(29)22(23,24)25/h2-7,11-12,14,26-27H,8-10,13H2,1H3. The Morgan fingerprint density at radius 2 is 1.94 bits per heavy atom. The van der Waals surface area contributed by atoms with E-state index in [2.05, 4.69) is 9.71 Å². The maximum absolute atomic E-state index is 12.9. The Balaban J connectivity index is 1.50. The van der Waals surface area contributed by atoms with Crippen LogP contribution in [-0.4, -0.2) is 43.0 Å². The Labute approximate surface area is 183 Å². The summed E-state index contributed by atoms with van der Waals surface area (Å²) >= 11 is 0. The van der Waals surface area contributed by atoms with E-state index in [9.17, 15) is 26.4 Å². The van der Waals surface area contributed by atoms with Crippen molar-refractivity contribution in [3.63, 3.8) is 0 Å². The van der Waals surface area contributed by atoms with Crippen LogP contribution in [0.3, 0.4) is 0 Å². The van der Waals surface area contributed by atoms with Crippen LogP contribution in [0.2, 0.25) is 0 Å². The highest BCUT2D eigenvalue weighted by molar-refractivity contribution is 7.89. The van der Waals surface area contributed by atoms with Crippen LogP contribution in [0.15, 0.2) is 53.6 Å². The van der Waals surface area contributed by atoms with E-state index in [0.717, 1.165) is 22.0 Å². The fraction of sp³-hybridized carbons (Fsp3) is 0.318. The second-order valence-electron chi connectivity index (χ2n) is 7.99. The second kappa shape index (κ2) is 8.25. The van der Waals surface area contributed by atoms with Crippen LogP contribution in [0.1, 0.15) is 23.6 Å². The molecule has 1 aromatic heterocycles. The number of hydrogen-bond acceptors (Lipinski definition) is 3. The van der Waals surface area contributed by atoms with Crippen molar-refractivity contribution in [3.05, 3.63) is 65.4 Å². The number of nitrogens with one attached hydrogen (secondary N) is 2. The summed E-state index contributed by atoms with van der Waals surface area (Å²) in [6, 6.07) is 11.7. The highest BCUT2D eigenvalue weighted by Gasteiger charge is 2.43. The van der Waals surface area contributed by atoms with Crippen molar-refractivity contribution in [2.45, 2.75) is 43.4 Å². The minimum atomic E-state index is -4.96. The molecule has 0 spiro atoms. The minimum Gasteiger partial charge on any atom is -0.361 e. The molecule has 0 saturated heterocycles. The summed E-state index contributed by atoms with van der Waals surface area (Å²) in [7, 11) is -3.90. The number of carbonyl (C=O) groups excluding carboxylic acids is 1. The first-order valence-electron chi connectivity index (χ1n) is 10.1. The molecule has 0 bridgehead atoms. The van der Waals surface area contributed by atoms with Gasteiger partial charge in [0.25, 0.3) is 0 Å². The normalized spacial score (nSPS) is 15.6. The number of alkyl halides is 3. The average molecular weight is 465 g/mol. The average Bonchev–Trinajstić information content (AvgIpc) is 3.14. The van der Waals surface area contributed by atoms with Crippen molar-refractivity contribution in [1.29, 1.82) is 0 Å². The van der Waals surface area contributed by atoms with Gasteiger partial charge in [-0.15, -0.1) is 0 Å². The van der Waals surface area contributed by atoms with E-state index in [0.29, 0.717) is 16.9 Å². The highest BCUT2D eigenvalue weighted by atomic mass is 32.2. The van der Waals surface area contributed by atoms with Crippen LogP contribution in [-0.2, 0) is 34.2 Å². The van der Waals surface area contributed by atoms with Crippen molar-refractivity contribution >= 4 is 26.8 Å². The van der Waals surface area contributed by atoms with E-state index < -0.39 is 28.1 Å². The summed E-state index contributed by atoms with van der Waals surface area (Å²) in [6.07, 6.45) is -2.41. The van der Waals surface area contributed by atoms with E-state index >= 15 is 0 Å². The molecule has 32 heavy (non-hydrogen) atoms. The summed E-state index contributed by atoms with van der Waals surface area (Å²) in [5.74, 6) is -1.91. The van der Waals surface area contributed by atoms with Gasteiger partial charge in [-0.05, 0) is 54.7 Å². The van der Waals surface area contributed by atoms with Crippen molar-refractivity contribution in [2.24, 2.45) is 0 Å². The summed E-state index contributed by atoms with van der Waals surface area (Å²) in [4.78, 5) is 15.4. The van der Waals surface area contributed by atoms with Crippen molar-refractivity contribution in [3.8, 4) is 0 Å². The lowest BCUT2D eigenvalue weighted by Gasteiger charge is -2.29. The van der Waals surface area contributed by atoms with Crippen LogP contribution in [0.25, 0.3) is 10.9 Å². The lowest BCUT2D eigenvalue weighted by molar-refractivity contribution is -0.186. The third kappa shape index (κ3) is 4.51. The van der Waals surface area contributed by atoms with E-state index in [1.807, 2.05) is 30.5 Å². The third-order valence-corrected chi connectivity index (χ3v) is 7.17. The molecule has 0 saturated carbocycles. The van der Waals surface area contributed by atoms with Gasteiger partial charge in [0.2, 0.25) is 10.0 Å². The zero-order chi connectivity index (χ0) is 23.1. The molecular formula is C22H22F3N3O3S. The Morgan fingerprint density at radius 1 is 1.19 bits per heavy atom. The number of H-pyrrole nitrogens is 1. The summed E-state index contributed by atoms with van der Waals surface area (Å²) in [5.41, 5.74) is 3.08. The van der Waals surface area contributed by atoms with Gasteiger partial charge in [0, 0.05) is 36.2 Å². The molecule has 10 heteroatoms. The molecule has 170 valence electrons. The van der Waals surface area contributed by atoms with Crippen LogP contribution in [0.4, 0.5) is 13.2 Å². The number of rotatable bonds is 5. The van der Waals surface area contributed by atoms with Gasteiger partial charge in [0.05, 0.1) is 4.90 Å². The Hall–Kier alpha value is -2.85. The molecule has 0 fully saturated rings. The number of fused-ring (bicyclic) bond motifs is 2. The Kier molecular flexibility index (Phi) is 5.76. The first kappa shape index (κ1) is 22.3. The number of halogens is 3. The SMILES string of the molecule is CC(Cc1c[nH]c2ccccc12)NS(=O)(=O)c1ccc2c(c1)CN(C(=O)C(F)(F)F)CC2. The molecule has 1 amide bonds. The Bertz CT molecular complexity index is 1270. The molecule has 4 rings (SSSR count). The maximum Gasteiger partial charge on any atom is 0.471 e. The number of amides is 1. The summed E-state index contributed by atoms with van der Waals surface area (Å²) in [5, 5.41) is 1.02. The largest absolute Gasteiger partial charge is 0.471 e. The molecule has 1 aliphatic heterocycles. The topological polar surface area (TPSA) is 82.3 Å². The Morgan fingerprint density at radius 3 is 2.69 bits per heavy atom. The summed E-state index contributed by atoms with van der Waals surface area (Å²) in [6.45, 7) is 1.42. The smallest absolute Gasteiger partial charge is 0.361 e. The van der Waals surface area contributed by atoms with E-state index in [4.69, 9.17) is 0 Å². The fourth-order valence-corrected chi connectivity index (χ4v) is 5.35. The zero-order valence-electron chi connectivity index (χ0n) is 17.2.